The molecule has 1 aromatic carbocycles. The Hall–Kier alpha value is -1.93. The van der Waals surface area contributed by atoms with E-state index in [0.717, 1.165) is 5.56 Å². The Morgan fingerprint density at radius 2 is 1.77 bits per heavy atom. The summed E-state index contributed by atoms with van der Waals surface area (Å²) in [4.78, 5) is 17.6. The lowest BCUT2D eigenvalue weighted by Crippen LogP contribution is -2.47. The van der Waals surface area contributed by atoms with Crippen LogP contribution in [-0.2, 0) is 22.2 Å². The van der Waals surface area contributed by atoms with Gasteiger partial charge >= 0.3 is 6.18 Å². The summed E-state index contributed by atoms with van der Waals surface area (Å²) in [5.74, 6) is -0.738. The monoisotopic (exact) mass is 456 g/mol. The van der Waals surface area contributed by atoms with E-state index in [-0.39, 0.29) is 17.9 Å². The van der Waals surface area contributed by atoms with Gasteiger partial charge in [-0.05, 0) is 35.8 Å². The number of halogens is 3. The van der Waals surface area contributed by atoms with Gasteiger partial charge in [0.15, 0.2) is 0 Å². The van der Waals surface area contributed by atoms with Crippen molar-refractivity contribution in [3.8, 4) is 0 Å². The zero-order valence-corrected chi connectivity index (χ0v) is 19.7. The summed E-state index contributed by atoms with van der Waals surface area (Å²) in [7, 11) is 1.46. The molecule has 2 atom stereocenters. The maximum atomic E-state index is 13.6. The third-order valence-corrected chi connectivity index (χ3v) is 6.38. The van der Waals surface area contributed by atoms with Crippen LogP contribution in [0.4, 0.5) is 13.2 Å². The largest absolute Gasteiger partial charge is 0.424 e. The highest BCUT2D eigenvalue weighted by atomic mass is 32.1. The predicted octanol–water partition coefficient (Wildman–Crippen LogP) is 5.23. The lowest BCUT2D eigenvalue weighted by molar-refractivity contribution is -0.268. The minimum absolute atomic E-state index is 0.0375. The third kappa shape index (κ3) is 6.29. The van der Waals surface area contributed by atoms with Crippen molar-refractivity contribution < 1.29 is 23.1 Å². The summed E-state index contributed by atoms with van der Waals surface area (Å²) in [5.41, 5.74) is -0.535. The first-order valence-electron chi connectivity index (χ1n) is 10.2. The Labute approximate surface area is 186 Å². The van der Waals surface area contributed by atoms with E-state index in [9.17, 15) is 23.1 Å². The second-order valence-corrected chi connectivity index (χ2v) is 10.2. The number of rotatable bonds is 7. The molecule has 2 unspecified atom stereocenters. The van der Waals surface area contributed by atoms with Crippen molar-refractivity contribution in [3.05, 3.63) is 51.5 Å². The van der Waals surface area contributed by atoms with Crippen LogP contribution in [0.15, 0.2) is 29.6 Å². The molecule has 0 spiro atoms. The molecule has 4 nitrogen and oxygen atoms in total. The van der Waals surface area contributed by atoms with Gasteiger partial charge in [-0.25, -0.2) is 4.98 Å². The Bertz CT molecular complexity index is 887. The molecule has 0 saturated heterocycles. The highest BCUT2D eigenvalue weighted by Crippen LogP contribution is 2.43. The molecular formula is C23H31F3N2O2S. The average molecular weight is 457 g/mol. The Morgan fingerprint density at radius 1 is 1.19 bits per heavy atom. The topological polar surface area (TPSA) is 53.4 Å². The van der Waals surface area contributed by atoms with Gasteiger partial charge in [0.2, 0.25) is 11.5 Å². The molecule has 1 N–H and O–H groups in total. The van der Waals surface area contributed by atoms with Crippen molar-refractivity contribution >= 4 is 17.2 Å². The van der Waals surface area contributed by atoms with Crippen molar-refractivity contribution in [2.24, 2.45) is 5.92 Å². The Morgan fingerprint density at radius 3 is 2.23 bits per heavy atom. The maximum Gasteiger partial charge on any atom is 0.424 e. The molecule has 0 aliphatic heterocycles. The van der Waals surface area contributed by atoms with Crippen LogP contribution in [0.2, 0.25) is 0 Å². The number of hydrogen-bond acceptors (Lipinski definition) is 4. The fourth-order valence-electron chi connectivity index (χ4n) is 3.37. The molecule has 0 saturated carbocycles. The highest BCUT2D eigenvalue weighted by molar-refractivity contribution is 7.09. The highest BCUT2D eigenvalue weighted by Gasteiger charge is 2.58. The average Bonchev–Trinajstić information content (AvgIpc) is 3.07. The van der Waals surface area contributed by atoms with Crippen LogP contribution in [0, 0.1) is 12.8 Å². The second-order valence-electron chi connectivity index (χ2n) is 9.36. The van der Waals surface area contributed by atoms with Crippen LogP contribution < -0.4 is 0 Å². The molecule has 1 aromatic heterocycles. The van der Waals surface area contributed by atoms with Gasteiger partial charge < -0.3 is 10.0 Å². The molecule has 1 heterocycles. The summed E-state index contributed by atoms with van der Waals surface area (Å²) < 4.78 is 40.9. The van der Waals surface area contributed by atoms with Crippen molar-refractivity contribution in [1.82, 2.24) is 9.88 Å². The minimum Gasteiger partial charge on any atom is -0.374 e. The van der Waals surface area contributed by atoms with E-state index in [1.165, 1.54) is 22.9 Å². The molecule has 0 radical (unpaired) electrons. The van der Waals surface area contributed by atoms with Crippen LogP contribution in [0.25, 0.3) is 0 Å². The van der Waals surface area contributed by atoms with E-state index in [0.29, 0.717) is 23.5 Å². The zero-order chi connectivity index (χ0) is 23.6. The molecule has 0 aliphatic carbocycles. The van der Waals surface area contributed by atoms with Crippen molar-refractivity contribution in [3.63, 3.8) is 0 Å². The minimum atomic E-state index is -5.01. The first kappa shape index (κ1) is 25.3. The lowest BCUT2D eigenvalue weighted by atomic mass is 9.86. The van der Waals surface area contributed by atoms with Crippen LogP contribution in [0.5, 0.6) is 0 Å². The fraction of sp³-hybridized carbons (Fsp3) is 0.565. The summed E-state index contributed by atoms with van der Waals surface area (Å²) in [6.07, 6.45) is -5.40. The van der Waals surface area contributed by atoms with Gasteiger partial charge in [-0.2, -0.15) is 13.2 Å². The molecule has 8 heteroatoms. The number of carbonyl (C=O) groups is 1. The van der Waals surface area contributed by atoms with Crippen LogP contribution >= 0.6 is 11.3 Å². The van der Waals surface area contributed by atoms with Gasteiger partial charge in [-0.15, -0.1) is 11.3 Å². The van der Waals surface area contributed by atoms with Gasteiger partial charge in [-0.3, -0.25) is 4.79 Å². The summed E-state index contributed by atoms with van der Waals surface area (Å²) >= 11 is 0.704. The number of aliphatic hydroxyl groups is 1. The second kappa shape index (κ2) is 9.28. The molecule has 0 bridgehead atoms. The molecule has 0 aliphatic rings. The third-order valence-electron chi connectivity index (χ3n) is 5.26. The van der Waals surface area contributed by atoms with Gasteiger partial charge in [0.05, 0.1) is 6.42 Å². The number of hydrogen-bond donors (Lipinski definition) is 1. The molecule has 2 rings (SSSR count). The van der Waals surface area contributed by atoms with Crippen molar-refractivity contribution in [2.45, 2.75) is 64.7 Å². The van der Waals surface area contributed by atoms with Gasteiger partial charge in [0.1, 0.15) is 5.01 Å². The number of alkyl halides is 3. The quantitative estimate of drug-likeness (QED) is 0.621. The number of thiazole rings is 1. The molecule has 2 aromatic rings. The summed E-state index contributed by atoms with van der Waals surface area (Å²) in [6.45, 7) is 10.2. The fourth-order valence-corrected chi connectivity index (χ4v) is 4.29. The van der Waals surface area contributed by atoms with Gasteiger partial charge in [0, 0.05) is 24.7 Å². The zero-order valence-electron chi connectivity index (χ0n) is 18.9. The van der Waals surface area contributed by atoms with E-state index in [1.807, 2.05) is 19.1 Å². The molecule has 31 heavy (non-hydrogen) atoms. The number of aromatic nitrogens is 1. The maximum absolute atomic E-state index is 13.6. The van der Waals surface area contributed by atoms with Crippen LogP contribution in [0.3, 0.4) is 0 Å². The van der Waals surface area contributed by atoms with Crippen LogP contribution in [-0.4, -0.2) is 40.7 Å². The van der Waals surface area contributed by atoms with E-state index in [2.05, 4.69) is 37.9 Å². The SMILES string of the molecule is Cc1csc(C(O)(CC(=O)N(C)CC(C)Cc2ccc(C(C)(C)C)cc2)C(F)(F)F)n1. The number of benzene rings is 1. The number of nitrogens with zero attached hydrogens (tertiary/aromatic N) is 2. The van der Waals surface area contributed by atoms with Crippen molar-refractivity contribution in [2.75, 3.05) is 13.6 Å². The van der Waals surface area contributed by atoms with Gasteiger partial charge in [-0.1, -0.05) is 52.0 Å². The smallest absolute Gasteiger partial charge is 0.374 e. The Kier molecular flexibility index (Phi) is 7.59. The number of carbonyl (C=O) groups excluding carboxylic acids is 1. The standard InChI is InChI=1S/C23H31F3N2O2S/c1-15(11-17-7-9-18(10-8-17)21(3,4)5)13-28(6)19(29)12-22(30,23(24,25)26)20-27-16(2)14-31-20/h7-10,14-15,30H,11-13H2,1-6H3. The van der Waals surface area contributed by atoms with Gasteiger partial charge in [0.25, 0.3) is 0 Å². The summed E-state index contributed by atoms with van der Waals surface area (Å²) in [6, 6.07) is 8.25. The first-order chi connectivity index (χ1) is 14.1. The van der Waals surface area contributed by atoms with Crippen LogP contribution in [0.1, 0.15) is 55.9 Å². The van der Waals surface area contributed by atoms with E-state index in [1.54, 1.807) is 6.92 Å². The molecule has 172 valence electrons. The Balaban J connectivity index is 2.03. The molecule has 0 fully saturated rings. The van der Waals surface area contributed by atoms with Crippen molar-refractivity contribution in [1.29, 1.82) is 0 Å². The predicted molar refractivity (Wildman–Crippen MR) is 117 cm³/mol. The summed E-state index contributed by atoms with van der Waals surface area (Å²) in [5, 5.41) is 11.3. The number of aryl methyl sites for hydroxylation is 1. The normalized spacial score (nSPS) is 15.4. The lowest BCUT2D eigenvalue weighted by Gasteiger charge is -2.30. The molecular weight excluding hydrogens is 425 g/mol. The first-order valence-corrected chi connectivity index (χ1v) is 11.1. The molecule has 1 amide bonds. The van der Waals surface area contributed by atoms with E-state index in [4.69, 9.17) is 0 Å². The number of amides is 1. The van der Waals surface area contributed by atoms with E-state index < -0.39 is 29.1 Å². The van der Waals surface area contributed by atoms with E-state index >= 15 is 0 Å².